The molecule has 1 spiro atoms. The number of piperazine rings is 1. The van der Waals surface area contributed by atoms with Crippen molar-refractivity contribution in [1.82, 2.24) is 14.7 Å². The molecule has 180 valence electrons. The Morgan fingerprint density at radius 3 is 2.09 bits per heavy atom. The van der Waals surface area contributed by atoms with Gasteiger partial charge in [0, 0.05) is 46.3 Å². The summed E-state index contributed by atoms with van der Waals surface area (Å²) in [4.78, 5) is 28.6. The second-order valence-corrected chi connectivity index (χ2v) is 8.80. The third-order valence-corrected chi connectivity index (χ3v) is 5.89. The van der Waals surface area contributed by atoms with Crippen LogP contribution in [0.2, 0.25) is 0 Å². The second kappa shape index (κ2) is 10.6. The Balaban J connectivity index is 0.000000451. The maximum Gasteiger partial charge on any atom is 0.490 e. The lowest BCUT2D eigenvalue weighted by Gasteiger charge is -2.52. The van der Waals surface area contributed by atoms with Crippen LogP contribution < -0.4 is 0 Å². The second-order valence-electron chi connectivity index (χ2n) is 8.80. The molecule has 6 nitrogen and oxygen atoms in total. The van der Waals surface area contributed by atoms with Gasteiger partial charge in [0.1, 0.15) is 11.4 Å². The Hall–Kier alpha value is -2.20. The number of likely N-dealkylation sites (tertiary alicyclic amines) is 1. The van der Waals surface area contributed by atoms with Crippen LogP contribution in [-0.2, 0) is 16.1 Å². The lowest BCUT2D eigenvalue weighted by atomic mass is 9.82. The van der Waals surface area contributed by atoms with Crippen molar-refractivity contribution >= 4 is 11.9 Å². The molecule has 0 unspecified atom stereocenters. The van der Waals surface area contributed by atoms with Crippen molar-refractivity contribution in [3.05, 3.63) is 35.6 Å². The minimum atomic E-state index is -5.08. The molecule has 0 radical (unpaired) electrons. The highest BCUT2D eigenvalue weighted by molar-refractivity contribution is 5.87. The zero-order valence-electron chi connectivity index (χ0n) is 18.7. The Bertz CT molecular complexity index is 776. The van der Waals surface area contributed by atoms with Crippen molar-refractivity contribution in [2.24, 2.45) is 5.92 Å². The van der Waals surface area contributed by atoms with E-state index in [1.54, 1.807) is 0 Å². The third kappa shape index (κ3) is 6.65. The van der Waals surface area contributed by atoms with Gasteiger partial charge in [-0.2, -0.15) is 13.2 Å². The average molecular weight is 462 g/mol. The Morgan fingerprint density at radius 1 is 1.09 bits per heavy atom. The maximum absolute atomic E-state index is 13.1. The minimum absolute atomic E-state index is 0.193. The van der Waals surface area contributed by atoms with Gasteiger partial charge in [0.2, 0.25) is 5.91 Å². The molecule has 2 heterocycles. The minimum Gasteiger partial charge on any atom is -0.475 e. The molecule has 32 heavy (non-hydrogen) atoms. The van der Waals surface area contributed by atoms with Gasteiger partial charge in [-0.05, 0) is 36.5 Å². The van der Waals surface area contributed by atoms with Crippen molar-refractivity contribution in [3.8, 4) is 0 Å². The molecule has 0 saturated carbocycles. The number of benzene rings is 1. The molecule has 3 rings (SSSR count). The van der Waals surface area contributed by atoms with Crippen molar-refractivity contribution in [3.63, 3.8) is 0 Å². The zero-order valence-corrected chi connectivity index (χ0v) is 18.7. The SMILES string of the molecule is CC(C)CN1CCN(C)C(=O)C12CCN(Cc1ccc(F)cc1)CC2.O=C(O)C(F)(F)F. The normalized spacial score (nSPS) is 19.8. The molecule has 1 aromatic rings. The molecule has 0 aliphatic carbocycles. The molecule has 1 aromatic carbocycles. The van der Waals surface area contributed by atoms with E-state index in [2.05, 4.69) is 23.6 Å². The predicted octanol–water partition coefficient (Wildman–Crippen LogP) is 3.22. The average Bonchev–Trinajstić information content (AvgIpc) is 2.71. The number of hydrogen-bond acceptors (Lipinski definition) is 4. The van der Waals surface area contributed by atoms with Crippen LogP contribution in [0.3, 0.4) is 0 Å². The Kier molecular flexibility index (Phi) is 8.64. The number of rotatable bonds is 4. The first-order valence-electron chi connectivity index (χ1n) is 10.6. The summed E-state index contributed by atoms with van der Waals surface area (Å²) in [5, 5.41) is 7.12. The van der Waals surface area contributed by atoms with Crippen LogP contribution in [0.5, 0.6) is 0 Å². The Labute approximate surface area is 185 Å². The van der Waals surface area contributed by atoms with Crippen LogP contribution in [-0.4, -0.2) is 83.2 Å². The maximum atomic E-state index is 13.1. The smallest absolute Gasteiger partial charge is 0.475 e. The van der Waals surface area contributed by atoms with Crippen LogP contribution in [0.15, 0.2) is 24.3 Å². The fourth-order valence-corrected chi connectivity index (χ4v) is 4.24. The molecule has 0 bridgehead atoms. The molecular formula is C22H31F4N3O3. The van der Waals surface area contributed by atoms with E-state index in [0.29, 0.717) is 11.8 Å². The fourth-order valence-electron chi connectivity index (χ4n) is 4.24. The van der Waals surface area contributed by atoms with Gasteiger partial charge in [0.15, 0.2) is 0 Å². The summed E-state index contributed by atoms with van der Waals surface area (Å²) in [6.07, 6.45) is -3.33. The number of nitrogens with zero attached hydrogens (tertiary/aromatic N) is 3. The van der Waals surface area contributed by atoms with Crippen LogP contribution in [0.1, 0.15) is 32.3 Å². The van der Waals surface area contributed by atoms with Crippen LogP contribution in [0.25, 0.3) is 0 Å². The molecule has 2 fully saturated rings. The first-order chi connectivity index (χ1) is 14.8. The summed E-state index contributed by atoms with van der Waals surface area (Å²) in [6.45, 7) is 9.87. The largest absolute Gasteiger partial charge is 0.490 e. The van der Waals surface area contributed by atoms with Gasteiger partial charge in [-0.15, -0.1) is 0 Å². The highest BCUT2D eigenvalue weighted by atomic mass is 19.4. The van der Waals surface area contributed by atoms with Gasteiger partial charge in [-0.25, -0.2) is 9.18 Å². The molecule has 10 heteroatoms. The van der Waals surface area contributed by atoms with E-state index in [1.165, 1.54) is 12.1 Å². The van der Waals surface area contributed by atoms with E-state index in [0.717, 1.165) is 57.7 Å². The lowest BCUT2D eigenvalue weighted by molar-refractivity contribution is -0.192. The Morgan fingerprint density at radius 2 is 1.62 bits per heavy atom. The van der Waals surface area contributed by atoms with Crippen LogP contribution in [0.4, 0.5) is 17.6 Å². The fraction of sp³-hybridized carbons (Fsp3) is 0.636. The number of piperidine rings is 1. The number of likely N-dealkylation sites (N-methyl/N-ethyl adjacent to an activating group) is 1. The summed E-state index contributed by atoms with van der Waals surface area (Å²) in [5.41, 5.74) is 0.805. The summed E-state index contributed by atoms with van der Waals surface area (Å²) in [5.74, 6) is -2.10. The summed E-state index contributed by atoms with van der Waals surface area (Å²) < 4.78 is 44.8. The van der Waals surface area contributed by atoms with E-state index in [4.69, 9.17) is 9.90 Å². The zero-order chi connectivity index (χ0) is 24.1. The summed E-state index contributed by atoms with van der Waals surface area (Å²) >= 11 is 0. The number of amides is 1. The van der Waals surface area contributed by atoms with Gasteiger partial charge >= 0.3 is 12.1 Å². The number of aliphatic carboxylic acids is 1. The third-order valence-electron chi connectivity index (χ3n) is 5.89. The summed E-state index contributed by atoms with van der Waals surface area (Å²) in [7, 11) is 1.93. The standard InChI is InChI=1S/C20H30FN3O.C2HF3O2/c1-16(2)14-24-13-12-22(3)19(25)20(24)8-10-23(11-9-20)15-17-4-6-18(21)7-5-17;3-2(4,5)1(6)7/h4-7,16H,8-15H2,1-3H3;(H,6,7). The molecule has 1 amide bonds. The van der Waals surface area contributed by atoms with Crippen molar-refractivity contribution in [2.75, 3.05) is 39.8 Å². The van der Waals surface area contributed by atoms with Gasteiger partial charge in [-0.1, -0.05) is 26.0 Å². The highest BCUT2D eigenvalue weighted by Crippen LogP contribution is 2.34. The van der Waals surface area contributed by atoms with E-state index in [-0.39, 0.29) is 11.4 Å². The number of carbonyl (C=O) groups excluding carboxylic acids is 1. The molecule has 0 atom stereocenters. The number of carbonyl (C=O) groups is 2. The topological polar surface area (TPSA) is 64.1 Å². The molecule has 2 aliphatic heterocycles. The van der Waals surface area contributed by atoms with E-state index < -0.39 is 12.1 Å². The van der Waals surface area contributed by atoms with Gasteiger partial charge < -0.3 is 10.0 Å². The quantitative estimate of drug-likeness (QED) is 0.698. The van der Waals surface area contributed by atoms with Crippen molar-refractivity contribution in [2.45, 2.75) is 44.9 Å². The number of carboxylic acid groups (broad SMARTS) is 1. The number of halogens is 4. The van der Waals surface area contributed by atoms with E-state index >= 15 is 0 Å². The van der Waals surface area contributed by atoms with E-state index in [1.807, 2.05) is 24.1 Å². The molecule has 1 N–H and O–H groups in total. The summed E-state index contributed by atoms with van der Waals surface area (Å²) in [6, 6.07) is 6.74. The predicted molar refractivity (Wildman–Crippen MR) is 111 cm³/mol. The lowest BCUT2D eigenvalue weighted by Crippen LogP contribution is -2.68. The van der Waals surface area contributed by atoms with E-state index in [9.17, 15) is 22.4 Å². The number of alkyl halides is 3. The molecule has 2 aliphatic rings. The van der Waals surface area contributed by atoms with Crippen molar-refractivity contribution in [1.29, 1.82) is 0 Å². The number of hydrogen-bond donors (Lipinski definition) is 1. The van der Waals surface area contributed by atoms with Crippen LogP contribution >= 0.6 is 0 Å². The monoisotopic (exact) mass is 461 g/mol. The van der Waals surface area contributed by atoms with Crippen LogP contribution in [0, 0.1) is 11.7 Å². The first kappa shape index (κ1) is 26.1. The molecule has 2 saturated heterocycles. The van der Waals surface area contributed by atoms with Gasteiger partial charge in [0.05, 0.1) is 0 Å². The van der Waals surface area contributed by atoms with Gasteiger partial charge in [-0.3, -0.25) is 14.6 Å². The number of carboxylic acids is 1. The molecular weight excluding hydrogens is 430 g/mol. The van der Waals surface area contributed by atoms with Crippen molar-refractivity contribution < 1.29 is 32.3 Å². The highest BCUT2D eigenvalue weighted by Gasteiger charge is 2.49. The molecule has 0 aromatic heterocycles. The first-order valence-corrected chi connectivity index (χ1v) is 10.6. The van der Waals surface area contributed by atoms with Gasteiger partial charge in [0.25, 0.3) is 0 Å².